The van der Waals surface area contributed by atoms with Crippen LogP contribution in [0, 0.1) is 0 Å². The highest BCUT2D eigenvalue weighted by molar-refractivity contribution is 5.80. The van der Waals surface area contributed by atoms with Crippen LogP contribution in [0.2, 0.25) is 0 Å². The van der Waals surface area contributed by atoms with E-state index in [1.54, 1.807) is 0 Å². The first-order valence-electron chi connectivity index (χ1n) is 3.73. The van der Waals surface area contributed by atoms with Crippen molar-refractivity contribution in [3.63, 3.8) is 0 Å². The van der Waals surface area contributed by atoms with Crippen LogP contribution in [-0.2, 0) is 14.3 Å². The molecule has 1 atom stereocenters. The Balaban J connectivity index is 3.77. The minimum Gasteiger partial charge on any atom is -0.467 e. The lowest BCUT2D eigenvalue weighted by molar-refractivity contribution is -0.142. The Morgan fingerprint density at radius 3 is 2.69 bits per heavy atom. The van der Waals surface area contributed by atoms with Crippen molar-refractivity contribution in [1.82, 2.24) is 5.32 Å². The van der Waals surface area contributed by atoms with Crippen LogP contribution < -0.4 is 5.32 Å². The fourth-order valence-electron chi connectivity index (χ4n) is 0.589. The number of rotatable bonds is 4. The van der Waals surface area contributed by atoms with E-state index in [1.807, 2.05) is 0 Å². The van der Waals surface area contributed by atoms with E-state index in [9.17, 15) is 9.59 Å². The first-order valence-corrected chi connectivity index (χ1v) is 3.73. The quantitative estimate of drug-likeness (QED) is 0.513. The Labute approximate surface area is 76.7 Å². The second-order valence-electron chi connectivity index (χ2n) is 2.28. The smallest absolute Gasteiger partial charge is 0.408 e. The van der Waals surface area contributed by atoms with Gasteiger partial charge in [0.25, 0.3) is 0 Å². The van der Waals surface area contributed by atoms with Gasteiger partial charge in [0.05, 0.1) is 7.11 Å². The lowest BCUT2D eigenvalue weighted by atomic mass is 10.3. The van der Waals surface area contributed by atoms with Crippen LogP contribution in [0.1, 0.15) is 6.92 Å². The molecule has 0 fully saturated rings. The van der Waals surface area contributed by atoms with E-state index in [4.69, 9.17) is 0 Å². The Morgan fingerprint density at radius 2 is 2.23 bits per heavy atom. The molecular formula is C8H13NO4. The number of esters is 1. The zero-order chi connectivity index (χ0) is 10.3. The van der Waals surface area contributed by atoms with Gasteiger partial charge in [-0.15, -0.1) is 0 Å². The molecule has 0 aliphatic heterocycles. The van der Waals surface area contributed by atoms with E-state index in [0.29, 0.717) is 0 Å². The lowest BCUT2D eigenvalue weighted by Crippen LogP contribution is -2.39. The van der Waals surface area contributed by atoms with Crippen LogP contribution in [0.5, 0.6) is 0 Å². The predicted molar refractivity (Wildman–Crippen MR) is 46.2 cm³/mol. The molecule has 0 aliphatic rings. The molecule has 0 saturated carbocycles. The van der Waals surface area contributed by atoms with Crippen LogP contribution in [0.3, 0.4) is 0 Å². The van der Waals surface area contributed by atoms with Gasteiger partial charge >= 0.3 is 12.1 Å². The summed E-state index contributed by atoms with van der Waals surface area (Å²) in [7, 11) is 1.25. The van der Waals surface area contributed by atoms with E-state index in [0.717, 1.165) is 0 Å². The largest absolute Gasteiger partial charge is 0.467 e. The van der Waals surface area contributed by atoms with E-state index in [-0.39, 0.29) is 6.61 Å². The highest BCUT2D eigenvalue weighted by atomic mass is 16.6. The lowest BCUT2D eigenvalue weighted by Gasteiger charge is -2.10. The molecule has 5 nitrogen and oxygen atoms in total. The number of amides is 1. The predicted octanol–water partition coefficient (Wildman–Crippen LogP) is 0.460. The molecule has 0 rings (SSSR count). The SMILES string of the molecule is C=CCOC(=O)NC(C)C(=O)OC. The molecular weight excluding hydrogens is 174 g/mol. The second-order valence-corrected chi connectivity index (χ2v) is 2.28. The van der Waals surface area contributed by atoms with Crippen LogP contribution in [0.15, 0.2) is 12.7 Å². The van der Waals surface area contributed by atoms with Crippen molar-refractivity contribution in [3.8, 4) is 0 Å². The highest BCUT2D eigenvalue weighted by Gasteiger charge is 2.15. The third-order valence-electron chi connectivity index (χ3n) is 1.22. The summed E-state index contributed by atoms with van der Waals surface area (Å²) in [4.78, 5) is 21.7. The van der Waals surface area contributed by atoms with Crippen molar-refractivity contribution in [2.45, 2.75) is 13.0 Å². The third kappa shape index (κ3) is 4.84. The zero-order valence-electron chi connectivity index (χ0n) is 7.70. The average Bonchev–Trinajstić information content (AvgIpc) is 2.13. The molecule has 1 unspecified atom stereocenters. The second kappa shape index (κ2) is 6.05. The van der Waals surface area contributed by atoms with Gasteiger partial charge in [0.2, 0.25) is 0 Å². The van der Waals surface area contributed by atoms with Gasteiger partial charge in [0.15, 0.2) is 0 Å². The zero-order valence-corrected chi connectivity index (χ0v) is 7.70. The monoisotopic (exact) mass is 187 g/mol. The molecule has 0 aromatic carbocycles. The molecule has 0 bridgehead atoms. The molecule has 5 heteroatoms. The van der Waals surface area contributed by atoms with Crippen molar-refractivity contribution in [3.05, 3.63) is 12.7 Å². The molecule has 74 valence electrons. The van der Waals surface area contributed by atoms with Gasteiger partial charge in [0, 0.05) is 0 Å². The van der Waals surface area contributed by atoms with Crippen molar-refractivity contribution in [2.75, 3.05) is 13.7 Å². The molecule has 1 N–H and O–H groups in total. The normalized spacial score (nSPS) is 11.2. The first-order chi connectivity index (χ1) is 6.11. The summed E-state index contributed by atoms with van der Waals surface area (Å²) >= 11 is 0. The van der Waals surface area contributed by atoms with E-state index in [2.05, 4.69) is 21.4 Å². The molecule has 0 aromatic heterocycles. The fourth-order valence-corrected chi connectivity index (χ4v) is 0.589. The number of carbonyl (C=O) groups is 2. The van der Waals surface area contributed by atoms with Gasteiger partial charge in [-0.05, 0) is 6.92 Å². The standard InChI is InChI=1S/C8H13NO4/c1-4-5-13-8(11)9-6(2)7(10)12-3/h4,6H,1,5H2,2-3H3,(H,9,11). The number of nitrogens with one attached hydrogen (secondary N) is 1. The topological polar surface area (TPSA) is 64.6 Å². The van der Waals surface area contributed by atoms with Gasteiger partial charge in [-0.2, -0.15) is 0 Å². The van der Waals surface area contributed by atoms with Gasteiger partial charge in [-0.1, -0.05) is 12.7 Å². The third-order valence-corrected chi connectivity index (χ3v) is 1.22. The summed E-state index contributed by atoms with van der Waals surface area (Å²) in [5.74, 6) is -0.518. The summed E-state index contributed by atoms with van der Waals surface area (Å²) < 4.78 is 8.97. The minimum absolute atomic E-state index is 0.111. The number of carbonyl (C=O) groups excluding carboxylic acids is 2. The van der Waals surface area contributed by atoms with Crippen LogP contribution in [0.25, 0.3) is 0 Å². The number of hydrogen-bond donors (Lipinski definition) is 1. The summed E-state index contributed by atoms with van der Waals surface area (Å²) in [6.07, 6.45) is 0.764. The number of ether oxygens (including phenoxy) is 2. The number of hydrogen-bond acceptors (Lipinski definition) is 4. The summed E-state index contributed by atoms with van der Waals surface area (Å²) in [6.45, 7) is 4.98. The maximum Gasteiger partial charge on any atom is 0.408 e. The summed E-state index contributed by atoms with van der Waals surface area (Å²) in [6, 6.07) is -0.706. The van der Waals surface area contributed by atoms with Gasteiger partial charge < -0.3 is 14.8 Å². The van der Waals surface area contributed by atoms with Gasteiger partial charge in [-0.25, -0.2) is 9.59 Å². The molecule has 0 spiro atoms. The Morgan fingerprint density at radius 1 is 1.62 bits per heavy atom. The summed E-state index contributed by atoms with van der Waals surface area (Å²) in [5.41, 5.74) is 0. The van der Waals surface area contributed by atoms with Crippen molar-refractivity contribution >= 4 is 12.1 Å². The Hall–Kier alpha value is -1.52. The summed E-state index contributed by atoms with van der Waals surface area (Å²) in [5, 5.41) is 2.28. The average molecular weight is 187 g/mol. The molecule has 1 amide bonds. The molecule has 13 heavy (non-hydrogen) atoms. The first kappa shape index (κ1) is 11.5. The molecule has 0 saturated heterocycles. The van der Waals surface area contributed by atoms with Crippen molar-refractivity contribution in [1.29, 1.82) is 0 Å². The Bertz CT molecular complexity index is 202. The van der Waals surface area contributed by atoms with Crippen molar-refractivity contribution in [2.24, 2.45) is 0 Å². The molecule has 0 aromatic rings. The minimum atomic E-state index is -0.706. The van der Waals surface area contributed by atoms with E-state index < -0.39 is 18.1 Å². The van der Waals surface area contributed by atoms with Gasteiger partial charge in [0.1, 0.15) is 12.6 Å². The van der Waals surface area contributed by atoms with Crippen LogP contribution >= 0.6 is 0 Å². The van der Waals surface area contributed by atoms with Crippen molar-refractivity contribution < 1.29 is 19.1 Å². The molecule has 0 heterocycles. The molecule has 0 aliphatic carbocycles. The number of alkyl carbamates (subject to hydrolysis) is 1. The fraction of sp³-hybridized carbons (Fsp3) is 0.500. The van der Waals surface area contributed by atoms with Crippen LogP contribution in [-0.4, -0.2) is 31.8 Å². The number of methoxy groups -OCH3 is 1. The van der Waals surface area contributed by atoms with E-state index in [1.165, 1.54) is 20.1 Å². The maximum atomic E-state index is 10.8. The molecule has 0 radical (unpaired) electrons. The van der Waals surface area contributed by atoms with E-state index >= 15 is 0 Å². The highest BCUT2D eigenvalue weighted by Crippen LogP contribution is 1.87. The van der Waals surface area contributed by atoms with Crippen LogP contribution in [0.4, 0.5) is 4.79 Å². The van der Waals surface area contributed by atoms with Gasteiger partial charge in [-0.3, -0.25) is 0 Å². The Kier molecular flexibility index (Phi) is 5.34. The maximum absolute atomic E-state index is 10.8.